The lowest BCUT2D eigenvalue weighted by Crippen LogP contribution is -2.35. The molecule has 0 radical (unpaired) electrons. The molecular formula is C22H20N2O7. The number of hydrogen-bond acceptors (Lipinski definition) is 7. The Morgan fingerprint density at radius 2 is 1.71 bits per heavy atom. The summed E-state index contributed by atoms with van der Waals surface area (Å²) in [5.41, 5.74) is -1.75. The van der Waals surface area contributed by atoms with Crippen molar-refractivity contribution < 1.29 is 28.8 Å². The summed E-state index contributed by atoms with van der Waals surface area (Å²) in [6.45, 7) is 3.14. The maximum atomic E-state index is 12.9. The zero-order valence-corrected chi connectivity index (χ0v) is 17.0. The smallest absolute Gasteiger partial charge is 0.345 e. The number of carbonyl (C=O) groups is 4. The van der Waals surface area contributed by atoms with Crippen LogP contribution in [0.2, 0.25) is 0 Å². The summed E-state index contributed by atoms with van der Waals surface area (Å²) in [6, 6.07) is 8.13. The van der Waals surface area contributed by atoms with Crippen molar-refractivity contribution in [3.8, 4) is 0 Å². The van der Waals surface area contributed by atoms with Gasteiger partial charge >= 0.3 is 5.97 Å². The standard InChI is InChI=1S/C22H20N2O7/c1-3-6-12(2)23-17(25)11-31-22(28)16-10-9-15-18(19(16)24(29)30)21(27)14-8-5-4-7-13(14)20(15)26/h4-5,7-10,12H,3,6,11H2,1-2H3,(H,23,25). The molecule has 3 rings (SSSR count). The van der Waals surface area contributed by atoms with Crippen LogP contribution in [0.3, 0.4) is 0 Å². The molecule has 0 fully saturated rings. The highest BCUT2D eigenvalue weighted by Crippen LogP contribution is 2.35. The van der Waals surface area contributed by atoms with Gasteiger partial charge in [0.05, 0.1) is 4.92 Å². The minimum Gasteiger partial charge on any atom is -0.452 e. The van der Waals surface area contributed by atoms with Crippen LogP contribution in [0.1, 0.15) is 68.9 Å². The van der Waals surface area contributed by atoms with Crippen molar-refractivity contribution in [3.63, 3.8) is 0 Å². The van der Waals surface area contributed by atoms with Crippen LogP contribution in [-0.2, 0) is 9.53 Å². The Labute approximate surface area is 177 Å². The second kappa shape index (κ2) is 8.86. The third-order valence-electron chi connectivity index (χ3n) is 4.93. The number of esters is 1. The highest BCUT2D eigenvalue weighted by Gasteiger charge is 2.39. The molecule has 0 aromatic heterocycles. The van der Waals surface area contributed by atoms with E-state index in [2.05, 4.69) is 5.32 Å². The van der Waals surface area contributed by atoms with E-state index in [0.717, 1.165) is 18.9 Å². The molecule has 0 saturated carbocycles. The fourth-order valence-electron chi connectivity index (χ4n) is 3.55. The normalized spacial score (nSPS) is 13.1. The molecule has 0 saturated heterocycles. The van der Waals surface area contributed by atoms with Crippen LogP contribution >= 0.6 is 0 Å². The summed E-state index contributed by atoms with van der Waals surface area (Å²) >= 11 is 0. The van der Waals surface area contributed by atoms with E-state index in [1.54, 1.807) is 13.0 Å². The van der Waals surface area contributed by atoms with E-state index in [-0.39, 0.29) is 22.7 Å². The number of carbonyl (C=O) groups excluding carboxylic acids is 4. The molecule has 9 nitrogen and oxygen atoms in total. The Balaban J connectivity index is 1.92. The first-order valence-corrected chi connectivity index (χ1v) is 9.72. The molecule has 1 atom stereocenters. The molecule has 1 amide bonds. The third kappa shape index (κ3) is 4.20. The van der Waals surface area contributed by atoms with E-state index in [1.165, 1.54) is 24.3 Å². The van der Waals surface area contributed by atoms with Crippen molar-refractivity contribution in [2.45, 2.75) is 32.7 Å². The van der Waals surface area contributed by atoms with E-state index in [4.69, 9.17) is 4.74 Å². The number of benzene rings is 2. The second-order valence-electron chi connectivity index (χ2n) is 7.18. The summed E-state index contributed by atoms with van der Waals surface area (Å²) in [5.74, 6) is -2.95. The zero-order chi connectivity index (χ0) is 22.7. The summed E-state index contributed by atoms with van der Waals surface area (Å²) in [7, 11) is 0. The molecule has 0 aliphatic heterocycles. The van der Waals surface area contributed by atoms with Crippen LogP contribution in [0.4, 0.5) is 5.69 Å². The molecule has 1 unspecified atom stereocenters. The number of fused-ring (bicyclic) bond motifs is 2. The number of hydrogen-bond donors (Lipinski definition) is 1. The van der Waals surface area contributed by atoms with Gasteiger partial charge < -0.3 is 10.1 Å². The van der Waals surface area contributed by atoms with Crippen molar-refractivity contribution in [3.05, 3.63) is 74.3 Å². The van der Waals surface area contributed by atoms with Gasteiger partial charge in [-0.2, -0.15) is 0 Å². The molecule has 0 heterocycles. The number of nitrogens with one attached hydrogen (secondary N) is 1. The SMILES string of the molecule is CCCC(C)NC(=O)COC(=O)c1ccc2c(c1[N+](=O)[O-])C(=O)c1ccccc1C2=O. The maximum absolute atomic E-state index is 12.9. The van der Waals surface area contributed by atoms with Gasteiger partial charge in [0.1, 0.15) is 11.1 Å². The molecule has 160 valence electrons. The van der Waals surface area contributed by atoms with Crippen molar-refractivity contribution >= 4 is 29.1 Å². The average Bonchev–Trinajstić information content (AvgIpc) is 2.74. The van der Waals surface area contributed by atoms with Gasteiger partial charge in [-0.05, 0) is 25.5 Å². The van der Waals surface area contributed by atoms with Crippen LogP contribution in [0.15, 0.2) is 36.4 Å². The predicted molar refractivity (Wildman–Crippen MR) is 109 cm³/mol. The number of ether oxygens (including phenoxy) is 1. The second-order valence-corrected chi connectivity index (χ2v) is 7.18. The number of nitro benzene ring substituents is 1. The van der Waals surface area contributed by atoms with Crippen molar-refractivity contribution in [1.29, 1.82) is 0 Å². The minimum atomic E-state index is -1.13. The van der Waals surface area contributed by atoms with Crippen molar-refractivity contribution in [1.82, 2.24) is 5.32 Å². The summed E-state index contributed by atoms with van der Waals surface area (Å²) < 4.78 is 4.93. The van der Waals surface area contributed by atoms with Gasteiger partial charge in [-0.25, -0.2) is 4.79 Å². The van der Waals surface area contributed by atoms with Gasteiger partial charge in [0, 0.05) is 22.7 Å². The van der Waals surface area contributed by atoms with Gasteiger partial charge in [0.2, 0.25) is 5.78 Å². The van der Waals surface area contributed by atoms with Gasteiger partial charge in [-0.15, -0.1) is 0 Å². The van der Waals surface area contributed by atoms with Crippen LogP contribution in [-0.4, -0.2) is 41.0 Å². The Kier molecular flexibility index (Phi) is 6.24. The lowest BCUT2D eigenvalue weighted by Gasteiger charge is -2.18. The lowest BCUT2D eigenvalue weighted by molar-refractivity contribution is -0.385. The number of ketones is 2. The molecule has 2 aromatic carbocycles. The zero-order valence-electron chi connectivity index (χ0n) is 17.0. The monoisotopic (exact) mass is 424 g/mol. The number of nitrogens with zero attached hydrogens (tertiary/aromatic N) is 1. The average molecular weight is 424 g/mol. The molecule has 1 aliphatic carbocycles. The van der Waals surface area contributed by atoms with Crippen molar-refractivity contribution in [2.24, 2.45) is 0 Å². The van der Waals surface area contributed by atoms with Crippen molar-refractivity contribution in [2.75, 3.05) is 6.61 Å². The maximum Gasteiger partial charge on any atom is 0.345 e. The molecular weight excluding hydrogens is 404 g/mol. The molecule has 9 heteroatoms. The first kappa shape index (κ1) is 21.8. The van der Waals surface area contributed by atoms with Gasteiger partial charge in [0.15, 0.2) is 12.4 Å². The molecule has 1 aliphatic rings. The summed E-state index contributed by atoms with van der Waals surface area (Å²) in [6.07, 6.45) is 1.60. The third-order valence-corrected chi connectivity index (χ3v) is 4.93. The summed E-state index contributed by atoms with van der Waals surface area (Å²) in [4.78, 5) is 61.0. The Bertz CT molecular complexity index is 1110. The highest BCUT2D eigenvalue weighted by atomic mass is 16.6. The molecule has 2 aromatic rings. The van der Waals surface area contributed by atoms with Crippen LogP contribution < -0.4 is 5.32 Å². The Morgan fingerprint density at radius 1 is 1.06 bits per heavy atom. The van der Waals surface area contributed by atoms with E-state index < -0.39 is 51.8 Å². The van der Waals surface area contributed by atoms with Crippen LogP contribution in [0, 0.1) is 10.1 Å². The Morgan fingerprint density at radius 3 is 2.32 bits per heavy atom. The van der Waals surface area contributed by atoms with Crippen LogP contribution in [0.5, 0.6) is 0 Å². The Hall–Kier alpha value is -3.88. The number of rotatable bonds is 7. The van der Waals surface area contributed by atoms with Gasteiger partial charge in [-0.3, -0.25) is 24.5 Å². The largest absolute Gasteiger partial charge is 0.452 e. The van der Waals surface area contributed by atoms with E-state index >= 15 is 0 Å². The minimum absolute atomic E-state index is 0.0258. The fourth-order valence-corrected chi connectivity index (χ4v) is 3.55. The molecule has 31 heavy (non-hydrogen) atoms. The van der Waals surface area contributed by atoms with E-state index in [0.29, 0.717) is 0 Å². The van der Waals surface area contributed by atoms with Crippen LogP contribution in [0.25, 0.3) is 0 Å². The fraction of sp³-hybridized carbons (Fsp3) is 0.273. The first-order chi connectivity index (χ1) is 14.8. The van der Waals surface area contributed by atoms with Gasteiger partial charge in [0.25, 0.3) is 11.6 Å². The predicted octanol–water partition coefficient (Wildman–Crippen LogP) is 2.83. The molecule has 0 bridgehead atoms. The number of nitro groups is 1. The number of amides is 1. The summed E-state index contributed by atoms with van der Waals surface area (Å²) in [5, 5.41) is 14.4. The molecule has 0 spiro atoms. The quantitative estimate of drug-likeness (QED) is 0.350. The van der Waals surface area contributed by atoms with E-state index in [9.17, 15) is 29.3 Å². The van der Waals surface area contributed by atoms with Gasteiger partial charge in [-0.1, -0.05) is 37.6 Å². The highest BCUT2D eigenvalue weighted by molar-refractivity contribution is 6.30. The topological polar surface area (TPSA) is 133 Å². The molecule has 1 N–H and O–H groups in total. The lowest BCUT2D eigenvalue weighted by atomic mass is 9.82. The first-order valence-electron chi connectivity index (χ1n) is 9.72. The van der Waals surface area contributed by atoms with E-state index in [1.807, 2.05) is 6.92 Å².